The molecule has 0 aliphatic carbocycles. The zero-order valence-electron chi connectivity index (χ0n) is 12.5. The number of aliphatic hydroxyl groups excluding tert-OH is 1. The van der Waals surface area contributed by atoms with Gasteiger partial charge in [0.2, 0.25) is 0 Å². The molecule has 2 nitrogen and oxygen atoms in total. The average molecular weight is 281 g/mol. The van der Waals surface area contributed by atoms with Crippen molar-refractivity contribution < 1.29 is 5.11 Å². The molecule has 1 aromatic rings. The molecule has 0 fully saturated rings. The average Bonchev–Trinajstić information content (AvgIpc) is 2.40. The van der Waals surface area contributed by atoms with E-state index in [1.807, 2.05) is 18.7 Å². The normalized spacial score (nSPS) is 17.7. The predicted octanol–water partition coefficient (Wildman–Crippen LogP) is 3.62. The van der Waals surface area contributed by atoms with Crippen LogP contribution in [0.5, 0.6) is 0 Å². The van der Waals surface area contributed by atoms with E-state index in [0.29, 0.717) is 11.3 Å². The third-order valence-corrected chi connectivity index (χ3v) is 4.88. The van der Waals surface area contributed by atoms with E-state index in [0.717, 1.165) is 13.0 Å². The van der Waals surface area contributed by atoms with Gasteiger partial charge in [0.1, 0.15) is 0 Å². The molecule has 0 saturated carbocycles. The Hall–Kier alpha value is -0.510. The van der Waals surface area contributed by atoms with Gasteiger partial charge in [-0.3, -0.25) is 0 Å². The van der Waals surface area contributed by atoms with Crippen LogP contribution in [0.3, 0.4) is 0 Å². The number of benzene rings is 1. The van der Waals surface area contributed by atoms with Crippen LogP contribution in [-0.2, 0) is 0 Å². The number of hydrogen-bond acceptors (Lipinski definition) is 3. The van der Waals surface area contributed by atoms with Crippen molar-refractivity contribution in [1.82, 2.24) is 5.32 Å². The molecule has 0 spiro atoms. The van der Waals surface area contributed by atoms with Crippen molar-refractivity contribution in [3.8, 4) is 0 Å². The predicted molar refractivity (Wildman–Crippen MR) is 85.7 cm³/mol. The van der Waals surface area contributed by atoms with Gasteiger partial charge in [-0.15, -0.1) is 0 Å². The Balaban J connectivity index is 2.73. The first-order valence-corrected chi connectivity index (χ1v) is 8.12. The zero-order valence-corrected chi connectivity index (χ0v) is 13.3. The van der Waals surface area contributed by atoms with Crippen LogP contribution in [0.15, 0.2) is 30.3 Å². The van der Waals surface area contributed by atoms with Crippen LogP contribution in [0.25, 0.3) is 0 Å². The second kappa shape index (κ2) is 8.62. The van der Waals surface area contributed by atoms with Crippen molar-refractivity contribution in [2.24, 2.45) is 0 Å². The van der Waals surface area contributed by atoms with E-state index in [-0.39, 0.29) is 11.4 Å². The summed E-state index contributed by atoms with van der Waals surface area (Å²) < 4.78 is 0. The van der Waals surface area contributed by atoms with Gasteiger partial charge in [0.15, 0.2) is 0 Å². The monoisotopic (exact) mass is 281 g/mol. The van der Waals surface area contributed by atoms with Gasteiger partial charge in [0.05, 0.1) is 6.10 Å². The molecule has 0 radical (unpaired) electrons. The summed E-state index contributed by atoms with van der Waals surface area (Å²) in [7, 11) is 0. The SMILES string of the molecule is CCCNC(c1ccccc1)C(C)SC(C)C(C)O. The molecule has 4 atom stereocenters. The molecule has 0 aliphatic heterocycles. The molecule has 4 unspecified atom stereocenters. The van der Waals surface area contributed by atoms with Crippen LogP contribution in [0.4, 0.5) is 0 Å². The van der Waals surface area contributed by atoms with E-state index in [1.165, 1.54) is 5.56 Å². The smallest absolute Gasteiger partial charge is 0.0628 e. The summed E-state index contributed by atoms with van der Waals surface area (Å²) in [6.07, 6.45) is 0.863. The zero-order chi connectivity index (χ0) is 14.3. The van der Waals surface area contributed by atoms with Crippen LogP contribution in [-0.4, -0.2) is 28.3 Å². The van der Waals surface area contributed by atoms with Crippen LogP contribution in [0.1, 0.15) is 45.7 Å². The van der Waals surface area contributed by atoms with Crippen molar-refractivity contribution in [2.45, 2.75) is 56.8 Å². The highest BCUT2D eigenvalue weighted by Gasteiger charge is 2.22. The highest BCUT2D eigenvalue weighted by atomic mass is 32.2. The molecule has 0 saturated heterocycles. The van der Waals surface area contributed by atoms with Crippen LogP contribution < -0.4 is 5.32 Å². The van der Waals surface area contributed by atoms with Gasteiger partial charge < -0.3 is 10.4 Å². The number of rotatable bonds is 8. The fraction of sp³-hybridized carbons (Fsp3) is 0.625. The summed E-state index contributed by atoms with van der Waals surface area (Å²) in [5, 5.41) is 14.0. The van der Waals surface area contributed by atoms with Crippen LogP contribution in [0.2, 0.25) is 0 Å². The Bertz CT molecular complexity index is 342. The van der Waals surface area contributed by atoms with Gasteiger partial charge in [0.25, 0.3) is 0 Å². The molecular weight excluding hydrogens is 254 g/mol. The molecule has 0 aromatic heterocycles. The minimum Gasteiger partial charge on any atom is -0.392 e. The lowest BCUT2D eigenvalue weighted by molar-refractivity contribution is 0.196. The Kier molecular flexibility index (Phi) is 7.51. The molecule has 1 rings (SSSR count). The molecule has 19 heavy (non-hydrogen) atoms. The minimum atomic E-state index is -0.268. The van der Waals surface area contributed by atoms with Crippen molar-refractivity contribution in [2.75, 3.05) is 6.54 Å². The fourth-order valence-electron chi connectivity index (χ4n) is 2.05. The summed E-state index contributed by atoms with van der Waals surface area (Å²) in [6, 6.07) is 10.9. The van der Waals surface area contributed by atoms with E-state index < -0.39 is 0 Å². The Morgan fingerprint density at radius 1 is 1.11 bits per heavy atom. The first-order chi connectivity index (χ1) is 9.06. The molecule has 3 heteroatoms. The van der Waals surface area contributed by atoms with Gasteiger partial charge in [-0.2, -0.15) is 11.8 Å². The van der Waals surface area contributed by atoms with E-state index in [4.69, 9.17) is 0 Å². The lowest BCUT2D eigenvalue weighted by atomic mass is 10.0. The van der Waals surface area contributed by atoms with Crippen molar-refractivity contribution >= 4 is 11.8 Å². The van der Waals surface area contributed by atoms with E-state index >= 15 is 0 Å². The topological polar surface area (TPSA) is 32.3 Å². The molecular formula is C16H27NOS. The van der Waals surface area contributed by atoms with Gasteiger partial charge in [0, 0.05) is 16.5 Å². The van der Waals surface area contributed by atoms with Crippen LogP contribution >= 0.6 is 11.8 Å². The minimum absolute atomic E-state index is 0.254. The number of aliphatic hydroxyl groups is 1. The summed E-state index contributed by atoms with van der Waals surface area (Å²) >= 11 is 1.85. The van der Waals surface area contributed by atoms with Gasteiger partial charge >= 0.3 is 0 Å². The van der Waals surface area contributed by atoms with Crippen molar-refractivity contribution in [1.29, 1.82) is 0 Å². The maximum absolute atomic E-state index is 9.66. The maximum atomic E-state index is 9.66. The number of hydrogen-bond donors (Lipinski definition) is 2. The first-order valence-electron chi connectivity index (χ1n) is 7.18. The standard InChI is InChI=1S/C16H27NOS/c1-5-11-17-16(15-9-7-6-8-10-15)14(4)19-13(3)12(2)18/h6-10,12-14,16-18H,5,11H2,1-4H3. The lowest BCUT2D eigenvalue weighted by Crippen LogP contribution is -2.31. The van der Waals surface area contributed by atoms with E-state index in [1.54, 1.807) is 0 Å². The summed E-state index contributed by atoms with van der Waals surface area (Å²) in [4.78, 5) is 0. The molecule has 1 aromatic carbocycles. The van der Waals surface area contributed by atoms with Crippen molar-refractivity contribution in [3.63, 3.8) is 0 Å². The Morgan fingerprint density at radius 2 is 1.74 bits per heavy atom. The highest BCUT2D eigenvalue weighted by Crippen LogP contribution is 2.30. The molecule has 2 N–H and O–H groups in total. The third kappa shape index (κ3) is 5.55. The summed E-state index contributed by atoms with van der Waals surface area (Å²) in [5.74, 6) is 0. The second-order valence-electron chi connectivity index (χ2n) is 5.13. The van der Waals surface area contributed by atoms with Gasteiger partial charge in [-0.1, -0.05) is 51.1 Å². The quantitative estimate of drug-likeness (QED) is 0.763. The van der Waals surface area contributed by atoms with Crippen molar-refractivity contribution in [3.05, 3.63) is 35.9 Å². The van der Waals surface area contributed by atoms with Gasteiger partial charge in [-0.25, -0.2) is 0 Å². The molecule has 0 aliphatic rings. The summed E-state index contributed by atoms with van der Waals surface area (Å²) in [5.41, 5.74) is 1.33. The second-order valence-corrected chi connectivity index (χ2v) is 6.89. The largest absolute Gasteiger partial charge is 0.392 e. The molecule has 108 valence electrons. The Labute approximate surface area is 122 Å². The molecule has 0 bridgehead atoms. The van der Waals surface area contributed by atoms with Crippen LogP contribution in [0, 0.1) is 0 Å². The summed E-state index contributed by atoms with van der Waals surface area (Å²) in [6.45, 7) is 9.40. The maximum Gasteiger partial charge on any atom is 0.0628 e. The number of nitrogens with one attached hydrogen (secondary N) is 1. The van der Waals surface area contributed by atoms with Gasteiger partial charge in [-0.05, 0) is 25.5 Å². The lowest BCUT2D eigenvalue weighted by Gasteiger charge is -2.28. The van der Waals surface area contributed by atoms with E-state index in [9.17, 15) is 5.11 Å². The first kappa shape index (κ1) is 16.5. The fourth-order valence-corrected chi connectivity index (χ4v) is 3.36. The molecule has 0 amide bonds. The molecule has 0 heterocycles. The Morgan fingerprint density at radius 3 is 2.26 bits per heavy atom. The van der Waals surface area contributed by atoms with E-state index in [2.05, 4.69) is 56.4 Å². The highest BCUT2D eigenvalue weighted by molar-refractivity contribution is 8.00. The third-order valence-electron chi connectivity index (χ3n) is 3.35. The number of thioether (sulfide) groups is 1.